The molecule has 2 N–H and O–H groups in total. The smallest absolute Gasteiger partial charge is 0.220 e. The number of likely N-dealkylation sites (tertiary alicyclic amines) is 1. The lowest BCUT2D eigenvalue weighted by molar-refractivity contribution is -0.122. The maximum Gasteiger partial charge on any atom is 0.220 e. The Labute approximate surface area is 139 Å². The van der Waals surface area contributed by atoms with Gasteiger partial charge in [-0.25, -0.2) is 0 Å². The van der Waals surface area contributed by atoms with Crippen LogP contribution >= 0.6 is 0 Å². The minimum Gasteiger partial charge on any atom is -0.352 e. The van der Waals surface area contributed by atoms with E-state index in [0.717, 1.165) is 39.0 Å². The molecule has 2 aliphatic rings. The molecule has 2 saturated heterocycles. The van der Waals surface area contributed by atoms with Gasteiger partial charge in [-0.05, 0) is 50.8 Å². The summed E-state index contributed by atoms with van der Waals surface area (Å²) in [4.78, 5) is 14.6. The summed E-state index contributed by atoms with van der Waals surface area (Å²) in [7, 11) is 0. The molecular weight excluding hydrogens is 286 g/mol. The van der Waals surface area contributed by atoms with Gasteiger partial charge >= 0.3 is 0 Å². The Bertz CT molecular complexity index is 485. The van der Waals surface area contributed by atoms with E-state index in [2.05, 4.69) is 45.9 Å². The molecule has 1 aromatic rings. The van der Waals surface area contributed by atoms with E-state index in [1.54, 1.807) is 0 Å². The Balaban J connectivity index is 1.40. The van der Waals surface area contributed by atoms with Crippen molar-refractivity contribution >= 4 is 5.91 Å². The Morgan fingerprint density at radius 3 is 2.87 bits per heavy atom. The van der Waals surface area contributed by atoms with Gasteiger partial charge in [0.2, 0.25) is 5.91 Å². The number of carbonyl (C=O) groups is 1. The van der Waals surface area contributed by atoms with Crippen LogP contribution in [-0.4, -0.2) is 42.5 Å². The number of hydrogen-bond acceptors (Lipinski definition) is 3. The number of nitrogens with zero attached hydrogens (tertiary/aromatic N) is 1. The van der Waals surface area contributed by atoms with Crippen molar-refractivity contribution in [3.8, 4) is 0 Å². The second-order valence-electron chi connectivity index (χ2n) is 6.96. The molecule has 0 radical (unpaired) electrons. The first-order chi connectivity index (χ1) is 11.3. The molecule has 0 saturated carbocycles. The zero-order valence-corrected chi connectivity index (χ0v) is 14.0. The fourth-order valence-electron chi connectivity index (χ4n) is 3.77. The third-order valence-electron chi connectivity index (χ3n) is 5.00. The second kappa shape index (κ2) is 8.46. The molecular formula is C19H29N3O. The minimum atomic E-state index is 0.227. The molecule has 0 spiro atoms. The van der Waals surface area contributed by atoms with Gasteiger partial charge in [-0.1, -0.05) is 30.3 Å². The van der Waals surface area contributed by atoms with E-state index in [4.69, 9.17) is 0 Å². The second-order valence-corrected chi connectivity index (χ2v) is 6.96. The summed E-state index contributed by atoms with van der Waals surface area (Å²) in [6.07, 6.45) is 6.39. The molecule has 2 unspecified atom stereocenters. The van der Waals surface area contributed by atoms with Gasteiger partial charge < -0.3 is 10.6 Å². The maximum atomic E-state index is 12.2. The molecule has 1 aromatic carbocycles. The SMILES string of the molecule is O=C(CCC1CCCN1)NC1CCCN(Cc2ccccc2)C1. The number of benzene rings is 1. The summed E-state index contributed by atoms with van der Waals surface area (Å²) >= 11 is 0. The van der Waals surface area contributed by atoms with Gasteiger partial charge in [-0.2, -0.15) is 0 Å². The summed E-state index contributed by atoms with van der Waals surface area (Å²) in [6.45, 7) is 4.21. The maximum absolute atomic E-state index is 12.2. The van der Waals surface area contributed by atoms with E-state index in [9.17, 15) is 4.79 Å². The highest BCUT2D eigenvalue weighted by molar-refractivity contribution is 5.76. The Kier molecular flexibility index (Phi) is 6.06. The zero-order valence-electron chi connectivity index (χ0n) is 14.0. The highest BCUT2D eigenvalue weighted by atomic mass is 16.1. The molecule has 4 heteroatoms. The molecule has 0 aromatic heterocycles. The molecule has 2 atom stereocenters. The first kappa shape index (κ1) is 16.5. The zero-order chi connectivity index (χ0) is 15.9. The average molecular weight is 315 g/mol. The average Bonchev–Trinajstić information content (AvgIpc) is 3.08. The van der Waals surface area contributed by atoms with Gasteiger partial charge in [0.05, 0.1) is 0 Å². The van der Waals surface area contributed by atoms with Gasteiger partial charge in [0, 0.05) is 31.6 Å². The summed E-state index contributed by atoms with van der Waals surface area (Å²) in [5.41, 5.74) is 1.35. The molecule has 2 heterocycles. The number of amides is 1. The number of rotatable bonds is 6. The van der Waals surface area contributed by atoms with Crippen LogP contribution in [0.2, 0.25) is 0 Å². The van der Waals surface area contributed by atoms with Gasteiger partial charge in [-0.3, -0.25) is 9.69 Å². The minimum absolute atomic E-state index is 0.227. The number of hydrogen-bond donors (Lipinski definition) is 2. The van der Waals surface area contributed by atoms with Crippen LogP contribution in [0.1, 0.15) is 44.1 Å². The van der Waals surface area contributed by atoms with Crippen molar-refractivity contribution in [1.29, 1.82) is 0 Å². The van der Waals surface area contributed by atoms with Crippen molar-refractivity contribution in [3.63, 3.8) is 0 Å². The Morgan fingerprint density at radius 1 is 1.22 bits per heavy atom. The van der Waals surface area contributed by atoms with Gasteiger partial charge in [0.1, 0.15) is 0 Å². The fourth-order valence-corrected chi connectivity index (χ4v) is 3.77. The molecule has 23 heavy (non-hydrogen) atoms. The van der Waals surface area contributed by atoms with Crippen LogP contribution in [-0.2, 0) is 11.3 Å². The molecule has 0 bridgehead atoms. The van der Waals surface area contributed by atoms with E-state index in [1.165, 1.54) is 24.8 Å². The first-order valence-corrected chi connectivity index (χ1v) is 9.08. The lowest BCUT2D eigenvalue weighted by Gasteiger charge is -2.33. The van der Waals surface area contributed by atoms with Gasteiger partial charge in [0.25, 0.3) is 0 Å². The normalized spacial score (nSPS) is 25.4. The highest BCUT2D eigenvalue weighted by Gasteiger charge is 2.22. The topological polar surface area (TPSA) is 44.4 Å². The standard InChI is InChI=1S/C19H29N3O/c23-19(11-10-17-8-4-12-20-17)21-18-9-5-13-22(15-18)14-16-6-2-1-3-7-16/h1-3,6-7,17-18,20H,4-5,8-15H2,(H,21,23). The molecule has 1 amide bonds. The van der Waals surface area contributed by atoms with Gasteiger partial charge in [0.15, 0.2) is 0 Å². The van der Waals surface area contributed by atoms with E-state index in [0.29, 0.717) is 18.5 Å². The lowest BCUT2D eigenvalue weighted by Crippen LogP contribution is -2.47. The highest BCUT2D eigenvalue weighted by Crippen LogP contribution is 2.15. The van der Waals surface area contributed by atoms with Crippen molar-refractivity contribution in [2.75, 3.05) is 19.6 Å². The van der Waals surface area contributed by atoms with Crippen LogP contribution < -0.4 is 10.6 Å². The van der Waals surface area contributed by atoms with Crippen molar-refractivity contribution in [2.24, 2.45) is 0 Å². The van der Waals surface area contributed by atoms with E-state index >= 15 is 0 Å². The lowest BCUT2D eigenvalue weighted by atomic mass is 10.0. The van der Waals surface area contributed by atoms with E-state index in [1.807, 2.05) is 0 Å². The predicted molar refractivity (Wildman–Crippen MR) is 93.1 cm³/mol. The summed E-state index contributed by atoms with van der Waals surface area (Å²) in [5.74, 6) is 0.227. The largest absolute Gasteiger partial charge is 0.352 e. The van der Waals surface area contributed by atoms with Crippen molar-refractivity contribution in [1.82, 2.24) is 15.5 Å². The van der Waals surface area contributed by atoms with Crippen LogP contribution in [0.4, 0.5) is 0 Å². The molecule has 2 fully saturated rings. The van der Waals surface area contributed by atoms with Crippen LogP contribution in [0.3, 0.4) is 0 Å². The third-order valence-corrected chi connectivity index (χ3v) is 5.00. The third kappa shape index (κ3) is 5.33. The first-order valence-electron chi connectivity index (χ1n) is 9.08. The van der Waals surface area contributed by atoms with E-state index in [-0.39, 0.29) is 5.91 Å². The molecule has 4 nitrogen and oxygen atoms in total. The van der Waals surface area contributed by atoms with E-state index < -0.39 is 0 Å². The molecule has 2 aliphatic heterocycles. The summed E-state index contributed by atoms with van der Waals surface area (Å²) < 4.78 is 0. The monoisotopic (exact) mass is 315 g/mol. The van der Waals surface area contributed by atoms with Crippen molar-refractivity contribution < 1.29 is 4.79 Å². The van der Waals surface area contributed by atoms with Crippen molar-refractivity contribution in [3.05, 3.63) is 35.9 Å². The van der Waals surface area contributed by atoms with Crippen LogP contribution in [0.5, 0.6) is 0 Å². The molecule has 0 aliphatic carbocycles. The number of carbonyl (C=O) groups excluding carboxylic acids is 1. The van der Waals surface area contributed by atoms with Crippen LogP contribution in [0, 0.1) is 0 Å². The quantitative estimate of drug-likeness (QED) is 0.846. The Morgan fingerprint density at radius 2 is 2.09 bits per heavy atom. The number of nitrogens with one attached hydrogen (secondary N) is 2. The summed E-state index contributed by atoms with van der Waals surface area (Å²) in [5, 5.41) is 6.71. The summed E-state index contributed by atoms with van der Waals surface area (Å²) in [6, 6.07) is 11.5. The predicted octanol–water partition coefficient (Wildman–Crippen LogP) is 2.30. The Hall–Kier alpha value is -1.39. The van der Waals surface area contributed by atoms with Crippen molar-refractivity contribution in [2.45, 2.75) is 57.2 Å². The van der Waals surface area contributed by atoms with Crippen LogP contribution in [0.25, 0.3) is 0 Å². The number of piperidine rings is 1. The fraction of sp³-hybridized carbons (Fsp3) is 0.632. The molecule has 3 rings (SSSR count). The van der Waals surface area contributed by atoms with Gasteiger partial charge in [-0.15, -0.1) is 0 Å². The van der Waals surface area contributed by atoms with Crippen LogP contribution in [0.15, 0.2) is 30.3 Å². The molecule has 126 valence electrons.